The van der Waals surface area contributed by atoms with Gasteiger partial charge in [0.1, 0.15) is 5.69 Å². The van der Waals surface area contributed by atoms with E-state index in [2.05, 4.69) is 5.92 Å². The molecule has 0 bridgehead atoms. The molecular weight excluding hydrogens is 391 g/mol. The SMILES string of the molecule is C#CCN(C)c1cc(N(C)C2CCC(C(F)(F)F)CC2)c([N+](=O)[O-])cc1C(=O)O. The number of anilines is 2. The standard InChI is InChI=1S/C19H22F3N3O4/c1-4-9-23(2)15-11-16(17(25(28)29)10-14(15)18(26)27)24(3)13-7-5-12(6-8-13)19(20,21)22/h1,10-13H,5-9H2,2-3H3,(H,26,27). The first-order valence-electron chi connectivity index (χ1n) is 8.97. The van der Waals surface area contributed by atoms with E-state index in [1.54, 1.807) is 19.0 Å². The van der Waals surface area contributed by atoms with Crippen molar-refractivity contribution in [2.45, 2.75) is 37.9 Å². The number of terminal acetylenes is 1. The molecule has 0 aliphatic heterocycles. The number of carboxylic acids is 1. The Bertz CT molecular complexity index is 827. The summed E-state index contributed by atoms with van der Waals surface area (Å²) >= 11 is 0. The van der Waals surface area contributed by atoms with Gasteiger partial charge in [0, 0.05) is 26.2 Å². The summed E-state index contributed by atoms with van der Waals surface area (Å²) in [4.78, 5) is 25.5. The lowest BCUT2D eigenvalue weighted by molar-refractivity contribution is -0.384. The predicted molar refractivity (Wildman–Crippen MR) is 102 cm³/mol. The summed E-state index contributed by atoms with van der Waals surface area (Å²) in [6, 6.07) is 2.01. The fourth-order valence-corrected chi connectivity index (χ4v) is 3.69. The van der Waals surface area contributed by atoms with E-state index >= 15 is 0 Å². The topological polar surface area (TPSA) is 86.9 Å². The highest BCUT2D eigenvalue weighted by Gasteiger charge is 2.42. The van der Waals surface area contributed by atoms with E-state index in [0.717, 1.165) is 6.07 Å². The van der Waals surface area contributed by atoms with Crippen molar-refractivity contribution in [3.8, 4) is 12.3 Å². The highest BCUT2D eigenvalue weighted by molar-refractivity contribution is 5.97. The number of benzene rings is 1. The van der Waals surface area contributed by atoms with Crippen LogP contribution in [0.1, 0.15) is 36.0 Å². The van der Waals surface area contributed by atoms with Crippen molar-refractivity contribution in [3.63, 3.8) is 0 Å². The van der Waals surface area contributed by atoms with Gasteiger partial charge in [-0.25, -0.2) is 4.79 Å². The highest BCUT2D eigenvalue weighted by atomic mass is 19.4. The van der Waals surface area contributed by atoms with E-state index in [1.807, 2.05) is 0 Å². The third-order valence-corrected chi connectivity index (χ3v) is 5.35. The fraction of sp³-hybridized carbons (Fsp3) is 0.526. The molecule has 1 aliphatic carbocycles. The number of hydrogen-bond acceptors (Lipinski definition) is 5. The van der Waals surface area contributed by atoms with Crippen LogP contribution < -0.4 is 9.80 Å². The third-order valence-electron chi connectivity index (χ3n) is 5.35. The number of hydrogen-bond donors (Lipinski definition) is 1. The van der Waals surface area contributed by atoms with Crippen molar-refractivity contribution >= 4 is 23.0 Å². The molecular formula is C19H22F3N3O4. The van der Waals surface area contributed by atoms with E-state index < -0.39 is 28.7 Å². The van der Waals surface area contributed by atoms with E-state index in [9.17, 15) is 33.2 Å². The van der Waals surface area contributed by atoms with Gasteiger partial charge in [-0.2, -0.15) is 13.2 Å². The van der Waals surface area contributed by atoms with Crippen LogP contribution in [0.5, 0.6) is 0 Å². The molecule has 1 aromatic rings. The monoisotopic (exact) mass is 413 g/mol. The zero-order valence-electron chi connectivity index (χ0n) is 16.1. The molecule has 10 heteroatoms. The molecule has 1 aromatic carbocycles. The van der Waals surface area contributed by atoms with Crippen LogP contribution in [0.25, 0.3) is 0 Å². The molecule has 0 unspecified atom stereocenters. The minimum atomic E-state index is -4.25. The zero-order valence-corrected chi connectivity index (χ0v) is 16.1. The first kappa shape index (κ1) is 22.3. The summed E-state index contributed by atoms with van der Waals surface area (Å²) in [5.74, 6) is -0.328. The zero-order chi connectivity index (χ0) is 21.9. The van der Waals surface area contributed by atoms with Gasteiger partial charge >= 0.3 is 12.1 Å². The molecule has 1 saturated carbocycles. The van der Waals surface area contributed by atoms with Crippen LogP contribution in [0.4, 0.5) is 30.2 Å². The summed E-state index contributed by atoms with van der Waals surface area (Å²) in [7, 11) is 3.14. The van der Waals surface area contributed by atoms with Gasteiger partial charge < -0.3 is 14.9 Å². The minimum Gasteiger partial charge on any atom is -0.478 e. The van der Waals surface area contributed by atoms with Gasteiger partial charge in [-0.15, -0.1) is 6.42 Å². The maximum atomic E-state index is 12.9. The smallest absolute Gasteiger partial charge is 0.391 e. The second kappa shape index (κ2) is 8.59. The van der Waals surface area contributed by atoms with Gasteiger partial charge in [-0.3, -0.25) is 10.1 Å². The Morgan fingerprint density at radius 1 is 1.28 bits per heavy atom. The van der Waals surface area contributed by atoms with Crippen molar-refractivity contribution in [2.75, 3.05) is 30.4 Å². The molecule has 0 atom stereocenters. The Labute approximate surface area is 166 Å². The quantitative estimate of drug-likeness (QED) is 0.432. The van der Waals surface area contributed by atoms with Gasteiger partial charge in [-0.1, -0.05) is 5.92 Å². The van der Waals surface area contributed by atoms with Gasteiger partial charge in [0.25, 0.3) is 5.69 Å². The second-order valence-corrected chi connectivity index (χ2v) is 7.14. The Morgan fingerprint density at radius 2 is 1.86 bits per heavy atom. The number of halogens is 3. The molecule has 0 aromatic heterocycles. The van der Waals surface area contributed by atoms with E-state index in [4.69, 9.17) is 6.42 Å². The van der Waals surface area contributed by atoms with Crippen LogP contribution in [-0.2, 0) is 0 Å². The molecule has 1 aliphatic rings. The number of carboxylic acid groups (broad SMARTS) is 1. The second-order valence-electron chi connectivity index (χ2n) is 7.14. The summed E-state index contributed by atoms with van der Waals surface area (Å²) < 4.78 is 38.7. The normalized spacial score (nSPS) is 19.3. The Hall–Kier alpha value is -2.96. The predicted octanol–water partition coefficient (Wildman–Crippen LogP) is 3.92. The summed E-state index contributed by atoms with van der Waals surface area (Å²) in [6.45, 7) is 0.0813. The van der Waals surface area contributed by atoms with Crippen LogP contribution in [0.2, 0.25) is 0 Å². The molecule has 7 nitrogen and oxygen atoms in total. The van der Waals surface area contributed by atoms with Crippen molar-refractivity contribution in [3.05, 3.63) is 27.8 Å². The largest absolute Gasteiger partial charge is 0.478 e. The minimum absolute atomic E-state index is 0.0522. The van der Waals surface area contributed by atoms with Gasteiger partial charge in [0.05, 0.1) is 28.6 Å². The maximum Gasteiger partial charge on any atom is 0.391 e. The Balaban J connectivity index is 2.42. The first-order chi connectivity index (χ1) is 13.5. The number of aromatic carboxylic acids is 1. The fourth-order valence-electron chi connectivity index (χ4n) is 3.69. The average molecular weight is 413 g/mol. The number of alkyl halides is 3. The molecule has 0 saturated heterocycles. The molecule has 0 spiro atoms. The van der Waals surface area contributed by atoms with Crippen molar-refractivity contribution in [1.82, 2.24) is 0 Å². The van der Waals surface area contributed by atoms with Gasteiger partial charge in [-0.05, 0) is 31.7 Å². The van der Waals surface area contributed by atoms with E-state index in [-0.39, 0.29) is 55.2 Å². The molecule has 2 rings (SSSR count). The van der Waals surface area contributed by atoms with Gasteiger partial charge in [0.15, 0.2) is 0 Å². The number of carbonyl (C=O) groups is 1. The molecule has 158 valence electrons. The van der Waals surface area contributed by atoms with Crippen LogP contribution in [0.15, 0.2) is 12.1 Å². The Morgan fingerprint density at radius 3 is 2.31 bits per heavy atom. The molecule has 0 heterocycles. The average Bonchev–Trinajstić information content (AvgIpc) is 2.65. The molecule has 29 heavy (non-hydrogen) atoms. The van der Waals surface area contributed by atoms with Crippen LogP contribution in [-0.4, -0.2) is 48.9 Å². The van der Waals surface area contributed by atoms with Gasteiger partial charge in [0.2, 0.25) is 0 Å². The van der Waals surface area contributed by atoms with Crippen LogP contribution >= 0.6 is 0 Å². The lowest BCUT2D eigenvalue weighted by Crippen LogP contribution is -2.38. The van der Waals surface area contributed by atoms with Crippen LogP contribution in [0.3, 0.4) is 0 Å². The third kappa shape index (κ3) is 4.91. The number of rotatable bonds is 6. The molecule has 1 N–H and O–H groups in total. The molecule has 1 fully saturated rings. The highest BCUT2D eigenvalue weighted by Crippen LogP contribution is 2.42. The summed E-state index contributed by atoms with van der Waals surface area (Å²) in [5.41, 5.74) is -0.339. The van der Waals surface area contributed by atoms with E-state index in [0.29, 0.717) is 0 Å². The number of nitrogens with zero attached hydrogens (tertiary/aromatic N) is 3. The van der Waals surface area contributed by atoms with Crippen molar-refractivity contribution < 1.29 is 28.0 Å². The van der Waals surface area contributed by atoms with Crippen molar-refractivity contribution in [2.24, 2.45) is 5.92 Å². The van der Waals surface area contributed by atoms with Crippen LogP contribution in [0, 0.1) is 28.4 Å². The van der Waals surface area contributed by atoms with Crippen molar-refractivity contribution in [1.29, 1.82) is 0 Å². The number of nitro benzene ring substituents is 1. The number of nitro groups is 1. The Kier molecular flexibility index (Phi) is 6.62. The summed E-state index contributed by atoms with van der Waals surface area (Å²) in [6.07, 6.45) is 1.39. The lowest BCUT2D eigenvalue weighted by atomic mass is 9.85. The van der Waals surface area contributed by atoms with E-state index in [1.165, 1.54) is 11.0 Å². The lowest BCUT2D eigenvalue weighted by Gasteiger charge is -2.36. The molecule has 0 amide bonds. The molecule has 0 radical (unpaired) electrons. The summed E-state index contributed by atoms with van der Waals surface area (Å²) in [5, 5.41) is 21.0. The maximum absolute atomic E-state index is 12.9. The first-order valence-corrected chi connectivity index (χ1v) is 8.97.